The van der Waals surface area contributed by atoms with Gasteiger partial charge in [0.05, 0.1) is 6.10 Å². The molecule has 0 aromatic heterocycles. The molecule has 4 nitrogen and oxygen atoms in total. The van der Waals surface area contributed by atoms with Gasteiger partial charge in [0.15, 0.2) is 0 Å². The molecule has 1 aromatic carbocycles. The third kappa shape index (κ3) is 4.46. The van der Waals surface area contributed by atoms with Crippen molar-refractivity contribution < 1.29 is 9.90 Å². The predicted octanol–water partition coefficient (Wildman–Crippen LogP) is 2.59. The second kappa shape index (κ2) is 6.94. The summed E-state index contributed by atoms with van der Waals surface area (Å²) in [7, 11) is 0. The maximum atomic E-state index is 12.2. The Balaban J connectivity index is 1.79. The number of amides is 2. The van der Waals surface area contributed by atoms with Crippen molar-refractivity contribution in [3.63, 3.8) is 0 Å². The first-order valence-corrected chi connectivity index (χ1v) is 7.76. The van der Waals surface area contributed by atoms with Crippen molar-refractivity contribution >= 4 is 6.03 Å². The molecule has 1 aliphatic carbocycles. The van der Waals surface area contributed by atoms with Crippen molar-refractivity contribution in [3.05, 3.63) is 35.9 Å². The van der Waals surface area contributed by atoms with Gasteiger partial charge in [-0.3, -0.25) is 0 Å². The summed E-state index contributed by atoms with van der Waals surface area (Å²) in [5, 5.41) is 12.5. The number of hydrogen-bond donors (Lipinski definition) is 2. The Bertz CT molecular complexity index is 459. The third-order valence-corrected chi connectivity index (χ3v) is 4.01. The highest BCUT2D eigenvalue weighted by Gasteiger charge is 2.38. The Morgan fingerprint density at radius 1 is 1.33 bits per heavy atom. The quantitative estimate of drug-likeness (QED) is 0.846. The Labute approximate surface area is 127 Å². The summed E-state index contributed by atoms with van der Waals surface area (Å²) >= 11 is 0. The van der Waals surface area contributed by atoms with Gasteiger partial charge in [0.2, 0.25) is 0 Å². The fourth-order valence-electron chi connectivity index (χ4n) is 2.71. The van der Waals surface area contributed by atoms with E-state index in [1.54, 1.807) is 11.8 Å². The molecular formula is C17H26N2O2. The summed E-state index contributed by atoms with van der Waals surface area (Å²) in [5.74, 6) is 1.12. The second-order valence-corrected chi connectivity index (χ2v) is 6.29. The van der Waals surface area contributed by atoms with E-state index in [1.807, 2.05) is 19.9 Å². The van der Waals surface area contributed by atoms with E-state index in [0.717, 1.165) is 6.42 Å². The van der Waals surface area contributed by atoms with E-state index in [2.05, 4.69) is 29.6 Å². The van der Waals surface area contributed by atoms with Crippen molar-refractivity contribution in [1.82, 2.24) is 10.2 Å². The molecule has 1 aromatic rings. The minimum absolute atomic E-state index is 0.0791. The van der Waals surface area contributed by atoms with Crippen LogP contribution in [-0.4, -0.2) is 41.3 Å². The molecule has 1 saturated carbocycles. The average Bonchev–Trinajstić information content (AvgIpc) is 3.22. The van der Waals surface area contributed by atoms with Crippen molar-refractivity contribution in [2.24, 2.45) is 5.92 Å². The molecule has 3 unspecified atom stereocenters. The van der Waals surface area contributed by atoms with Gasteiger partial charge in [0, 0.05) is 19.1 Å². The molecule has 4 heteroatoms. The number of benzene rings is 1. The van der Waals surface area contributed by atoms with Crippen molar-refractivity contribution in [2.45, 2.75) is 45.3 Å². The lowest BCUT2D eigenvalue weighted by Gasteiger charge is -2.28. The number of aliphatic hydroxyl groups is 1. The Morgan fingerprint density at radius 2 is 2.00 bits per heavy atom. The minimum atomic E-state index is -0.504. The van der Waals surface area contributed by atoms with Gasteiger partial charge in [-0.05, 0) is 44.6 Å². The first kappa shape index (κ1) is 15.8. The van der Waals surface area contributed by atoms with Gasteiger partial charge < -0.3 is 15.3 Å². The number of hydrogen-bond acceptors (Lipinski definition) is 2. The van der Waals surface area contributed by atoms with Crippen LogP contribution in [0, 0.1) is 5.92 Å². The molecule has 116 valence electrons. The van der Waals surface area contributed by atoms with Gasteiger partial charge in [-0.15, -0.1) is 0 Å². The number of aliphatic hydroxyl groups excluding tert-OH is 1. The number of carbonyl (C=O) groups is 1. The molecule has 2 amide bonds. The van der Waals surface area contributed by atoms with Crippen LogP contribution in [0.5, 0.6) is 0 Å². The topological polar surface area (TPSA) is 52.6 Å². The lowest BCUT2D eigenvalue weighted by molar-refractivity contribution is 0.119. The normalized spacial score (nSPS) is 22.0. The number of nitrogens with one attached hydrogen (secondary N) is 1. The molecule has 2 rings (SSSR count). The zero-order valence-corrected chi connectivity index (χ0v) is 13.1. The van der Waals surface area contributed by atoms with Gasteiger partial charge in [0.25, 0.3) is 0 Å². The van der Waals surface area contributed by atoms with Crippen LogP contribution in [0.15, 0.2) is 30.3 Å². The summed E-state index contributed by atoms with van der Waals surface area (Å²) < 4.78 is 0. The summed E-state index contributed by atoms with van der Waals surface area (Å²) in [5.41, 5.74) is 1.36. The van der Waals surface area contributed by atoms with Crippen LogP contribution in [0.2, 0.25) is 0 Å². The zero-order valence-electron chi connectivity index (χ0n) is 13.1. The molecule has 0 spiro atoms. The van der Waals surface area contributed by atoms with Crippen LogP contribution in [0.4, 0.5) is 4.79 Å². The molecule has 1 aliphatic rings. The Morgan fingerprint density at radius 3 is 2.57 bits per heavy atom. The van der Waals surface area contributed by atoms with E-state index < -0.39 is 6.10 Å². The van der Waals surface area contributed by atoms with E-state index in [1.165, 1.54) is 5.56 Å². The summed E-state index contributed by atoms with van der Waals surface area (Å²) in [6.45, 7) is 6.71. The lowest BCUT2D eigenvalue weighted by Crippen LogP contribution is -2.47. The number of urea groups is 1. The molecule has 2 N–H and O–H groups in total. The second-order valence-electron chi connectivity index (χ2n) is 6.29. The van der Waals surface area contributed by atoms with E-state index in [4.69, 9.17) is 0 Å². The third-order valence-electron chi connectivity index (χ3n) is 4.01. The number of rotatable bonds is 6. The smallest absolute Gasteiger partial charge is 0.317 e. The van der Waals surface area contributed by atoms with E-state index in [9.17, 15) is 9.90 Å². The highest BCUT2D eigenvalue weighted by atomic mass is 16.3. The van der Waals surface area contributed by atoms with Gasteiger partial charge in [-0.1, -0.05) is 30.3 Å². The average molecular weight is 290 g/mol. The SMILES string of the molecule is CC(O)CN(C(=O)NCC1CC1c1ccccc1)C(C)C. The summed E-state index contributed by atoms with van der Waals surface area (Å²) in [4.78, 5) is 13.9. The minimum Gasteiger partial charge on any atom is -0.392 e. The standard InChI is InChI=1S/C17H26N2O2/c1-12(2)19(11-13(3)20)17(21)18-10-15-9-16(15)14-7-5-4-6-8-14/h4-8,12-13,15-16,20H,9-11H2,1-3H3,(H,18,21). The van der Waals surface area contributed by atoms with Crippen molar-refractivity contribution in [3.8, 4) is 0 Å². The van der Waals surface area contributed by atoms with Crippen LogP contribution in [0.3, 0.4) is 0 Å². The first-order chi connectivity index (χ1) is 9.99. The van der Waals surface area contributed by atoms with Gasteiger partial charge in [-0.2, -0.15) is 0 Å². The van der Waals surface area contributed by atoms with Gasteiger partial charge in [0.1, 0.15) is 0 Å². The zero-order chi connectivity index (χ0) is 15.4. The van der Waals surface area contributed by atoms with Gasteiger partial charge in [-0.25, -0.2) is 4.79 Å². The summed E-state index contributed by atoms with van der Waals surface area (Å²) in [6.07, 6.45) is 0.638. The number of nitrogens with zero attached hydrogens (tertiary/aromatic N) is 1. The summed E-state index contributed by atoms with van der Waals surface area (Å²) in [6, 6.07) is 10.5. The Hall–Kier alpha value is -1.55. The number of carbonyl (C=O) groups excluding carboxylic acids is 1. The highest BCUT2D eigenvalue weighted by molar-refractivity contribution is 5.74. The molecule has 0 saturated heterocycles. The molecule has 0 heterocycles. The largest absolute Gasteiger partial charge is 0.392 e. The molecular weight excluding hydrogens is 264 g/mol. The fourth-order valence-corrected chi connectivity index (χ4v) is 2.71. The predicted molar refractivity (Wildman–Crippen MR) is 84.2 cm³/mol. The van der Waals surface area contributed by atoms with Gasteiger partial charge >= 0.3 is 6.03 Å². The molecule has 3 atom stereocenters. The molecule has 0 radical (unpaired) electrons. The van der Waals surface area contributed by atoms with E-state index >= 15 is 0 Å². The maximum Gasteiger partial charge on any atom is 0.317 e. The van der Waals surface area contributed by atoms with Crippen LogP contribution in [0.1, 0.15) is 38.7 Å². The lowest BCUT2D eigenvalue weighted by atomic mass is 10.1. The van der Waals surface area contributed by atoms with Crippen LogP contribution in [0.25, 0.3) is 0 Å². The molecule has 1 fully saturated rings. The Kier molecular flexibility index (Phi) is 5.23. The van der Waals surface area contributed by atoms with E-state index in [-0.39, 0.29) is 12.1 Å². The van der Waals surface area contributed by atoms with Crippen molar-refractivity contribution in [2.75, 3.05) is 13.1 Å². The van der Waals surface area contributed by atoms with Crippen LogP contribution in [-0.2, 0) is 0 Å². The first-order valence-electron chi connectivity index (χ1n) is 7.76. The van der Waals surface area contributed by atoms with Crippen LogP contribution < -0.4 is 5.32 Å². The fraction of sp³-hybridized carbons (Fsp3) is 0.588. The van der Waals surface area contributed by atoms with Crippen LogP contribution >= 0.6 is 0 Å². The monoisotopic (exact) mass is 290 g/mol. The maximum absolute atomic E-state index is 12.2. The van der Waals surface area contributed by atoms with Crippen molar-refractivity contribution in [1.29, 1.82) is 0 Å². The molecule has 21 heavy (non-hydrogen) atoms. The van der Waals surface area contributed by atoms with E-state index in [0.29, 0.717) is 24.9 Å². The molecule has 0 bridgehead atoms. The molecule has 0 aliphatic heterocycles. The highest BCUT2D eigenvalue weighted by Crippen LogP contribution is 2.46.